The number of benzene rings is 2. The van der Waals surface area contributed by atoms with Gasteiger partial charge in [-0.1, -0.05) is 23.7 Å². The minimum absolute atomic E-state index is 0.0606. The first kappa shape index (κ1) is 19.0. The van der Waals surface area contributed by atoms with E-state index in [1.807, 2.05) is 13.8 Å². The lowest BCUT2D eigenvalue weighted by Crippen LogP contribution is -2.29. The van der Waals surface area contributed by atoms with Gasteiger partial charge in [-0.15, -0.1) is 11.3 Å². The van der Waals surface area contributed by atoms with E-state index < -0.39 is 17.8 Å². The van der Waals surface area contributed by atoms with Crippen molar-refractivity contribution in [1.82, 2.24) is 4.98 Å². The van der Waals surface area contributed by atoms with Crippen molar-refractivity contribution >= 4 is 44.9 Å². The Morgan fingerprint density at radius 3 is 2.67 bits per heavy atom. The third-order valence-electron chi connectivity index (χ3n) is 5.22. The molecule has 1 atom stereocenters. The zero-order chi connectivity index (χ0) is 21.2. The largest absolute Gasteiger partial charge is 0.450 e. The second-order valence-corrected chi connectivity index (χ2v) is 8.70. The zero-order valence-corrected chi connectivity index (χ0v) is 17.5. The lowest BCUT2D eigenvalue weighted by molar-refractivity contribution is 0.0971. The fourth-order valence-electron chi connectivity index (χ4n) is 3.69. The first-order chi connectivity index (χ1) is 14.3. The summed E-state index contributed by atoms with van der Waals surface area (Å²) in [6.45, 7) is 3.75. The van der Waals surface area contributed by atoms with Crippen molar-refractivity contribution in [3.05, 3.63) is 91.0 Å². The molecule has 8 heteroatoms. The average Bonchev–Trinajstić information content (AvgIpc) is 3.19. The molecular formula is C22H14ClFN2O3S. The summed E-state index contributed by atoms with van der Waals surface area (Å²) in [6.07, 6.45) is 0. The molecule has 0 N–H and O–H groups in total. The summed E-state index contributed by atoms with van der Waals surface area (Å²) in [5.41, 5.74) is 1.30. The monoisotopic (exact) mass is 440 g/mol. The van der Waals surface area contributed by atoms with Crippen LogP contribution in [0.25, 0.3) is 11.0 Å². The predicted molar refractivity (Wildman–Crippen MR) is 114 cm³/mol. The van der Waals surface area contributed by atoms with Gasteiger partial charge in [0.05, 0.1) is 22.7 Å². The summed E-state index contributed by atoms with van der Waals surface area (Å²) >= 11 is 7.41. The number of halogens is 2. The van der Waals surface area contributed by atoms with E-state index in [0.29, 0.717) is 15.7 Å². The Morgan fingerprint density at radius 2 is 1.97 bits per heavy atom. The summed E-state index contributed by atoms with van der Waals surface area (Å²) in [7, 11) is 0. The number of amides is 1. The number of carbonyl (C=O) groups excluding carboxylic acids is 1. The lowest BCUT2D eigenvalue weighted by atomic mass is 9.98. The van der Waals surface area contributed by atoms with Crippen LogP contribution in [0.1, 0.15) is 38.3 Å². The molecule has 4 aromatic rings. The van der Waals surface area contributed by atoms with Crippen LogP contribution < -0.4 is 10.3 Å². The molecule has 1 aliphatic heterocycles. The number of hydrogen-bond donors (Lipinski definition) is 0. The molecule has 3 heterocycles. The second kappa shape index (κ2) is 6.75. The fraction of sp³-hybridized carbons (Fsp3) is 0.136. The average molecular weight is 441 g/mol. The Kier molecular flexibility index (Phi) is 4.27. The maximum absolute atomic E-state index is 14.1. The van der Waals surface area contributed by atoms with E-state index in [9.17, 15) is 14.0 Å². The third kappa shape index (κ3) is 2.77. The Balaban J connectivity index is 1.84. The van der Waals surface area contributed by atoms with E-state index in [4.69, 9.17) is 16.0 Å². The number of thiazole rings is 1. The molecule has 30 heavy (non-hydrogen) atoms. The van der Waals surface area contributed by atoms with Gasteiger partial charge in [0.25, 0.3) is 5.91 Å². The Morgan fingerprint density at radius 1 is 1.17 bits per heavy atom. The van der Waals surface area contributed by atoms with Gasteiger partial charge in [0.1, 0.15) is 11.4 Å². The van der Waals surface area contributed by atoms with Crippen LogP contribution in [0.3, 0.4) is 0 Å². The number of hydrogen-bond acceptors (Lipinski definition) is 5. The van der Waals surface area contributed by atoms with Crippen LogP contribution in [-0.2, 0) is 0 Å². The van der Waals surface area contributed by atoms with Crippen LogP contribution in [0, 0.1) is 19.7 Å². The SMILES string of the molecule is Cc1nc(N2C(=O)c3oc4ccc(Cl)cc4c(=O)c3[C@H]2c2cccc(F)c2)sc1C. The van der Waals surface area contributed by atoms with E-state index in [1.54, 1.807) is 24.3 Å². The molecule has 5 nitrogen and oxygen atoms in total. The Bertz CT molecular complexity index is 1390. The highest BCUT2D eigenvalue weighted by Crippen LogP contribution is 2.43. The lowest BCUT2D eigenvalue weighted by Gasteiger charge is -2.22. The quantitative estimate of drug-likeness (QED) is 0.418. The molecule has 0 radical (unpaired) electrons. The van der Waals surface area contributed by atoms with Crippen molar-refractivity contribution in [2.45, 2.75) is 19.9 Å². The summed E-state index contributed by atoms with van der Waals surface area (Å²) in [5.74, 6) is -1.01. The molecule has 1 aliphatic rings. The van der Waals surface area contributed by atoms with Crippen molar-refractivity contribution in [3.63, 3.8) is 0 Å². The van der Waals surface area contributed by atoms with Crippen LogP contribution in [0.2, 0.25) is 5.02 Å². The molecule has 0 fully saturated rings. The highest BCUT2D eigenvalue weighted by Gasteiger charge is 2.45. The maximum atomic E-state index is 14.1. The van der Waals surface area contributed by atoms with E-state index in [2.05, 4.69) is 4.98 Å². The van der Waals surface area contributed by atoms with Crippen molar-refractivity contribution < 1.29 is 13.6 Å². The predicted octanol–water partition coefficient (Wildman–Crippen LogP) is 5.41. The normalized spacial score (nSPS) is 15.8. The number of rotatable bonds is 2. The summed E-state index contributed by atoms with van der Waals surface area (Å²) in [4.78, 5) is 33.7. The van der Waals surface area contributed by atoms with E-state index in [-0.39, 0.29) is 27.7 Å². The minimum Gasteiger partial charge on any atom is -0.450 e. The van der Waals surface area contributed by atoms with Gasteiger partial charge < -0.3 is 4.42 Å². The molecule has 2 aromatic carbocycles. The van der Waals surface area contributed by atoms with E-state index >= 15 is 0 Å². The standard InChI is InChI=1S/C22H14ClFN2O3S/c1-10-11(2)30-22(25-10)26-18(12-4-3-5-14(24)8-12)17-19(27)15-9-13(23)6-7-16(15)29-20(17)21(26)28/h3-9,18H,1-2H3/t18-/m1/s1. The zero-order valence-electron chi connectivity index (χ0n) is 15.9. The summed E-state index contributed by atoms with van der Waals surface area (Å²) < 4.78 is 19.9. The van der Waals surface area contributed by atoms with Gasteiger partial charge in [0.2, 0.25) is 5.76 Å². The molecule has 150 valence electrons. The van der Waals surface area contributed by atoms with Gasteiger partial charge in [-0.05, 0) is 49.7 Å². The molecule has 0 bridgehead atoms. The number of aryl methyl sites for hydroxylation is 2. The molecule has 1 amide bonds. The van der Waals surface area contributed by atoms with Crippen LogP contribution >= 0.6 is 22.9 Å². The topological polar surface area (TPSA) is 63.4 Å². The number of aromatic nitrogens is 1. The van der Waals surface area contributed by atoms with Gasteiger partial charge in [-0.25, -0.2) is 9.37 Å². The van der Waals surface area contributed by atoms with Crippen molar-refractivity contribution in [3.8, 4) is 0 Å². The van der Waals surface area contributed by atoms with Crippen LogP contribution in [-0.4, -0.2) is 10.9 Å². The number of anilines is 1. The van der Waals surface area contributed by atoms with Gasteiger partial charge in [-0.3, -0.25) is 14.5 Å². The summed E-state index contributed by atoms with van der Waals surface area (Å²) in [5, 5.41) is 1.07. The van der Waals surface area contributed by atoms with Crippen LogP contribution in [0.5, 0.6) is 0 Å². The molecule has 0 aliphatic carbocycles. The Labute approximate surface area is 179 Å². The number of nitrogens with zero attached hydrogens (tertiary/aromatic N) is 2. The molecular weight excluding hydrogens is 427 g/mol. The third-order valence-corrected chi connectivity index (χ3v) is 6.53. The van der Waals surface area contributed by atoms with Crippen LogP contribution in [0.4, 0.5) is 9.52 Å². The van der Waals surface area contributed by atoms with Crippen LogP contribution in [0.15, 0.2) is 51.7 Å². The van der Waals surface area contributed by atoms with Gasteiger partial charge in [-0.2, -0.15) is 0 Å². The van der Waals surface area contributed by atoms with E-state index in [1.165, 1.54) is 34.4 Å². The first-order valence-electron chi connectivity index (χ1n) is 9.14. The van der Waals surface area contributed by atoms with Crippen molar-refractivity contribution in [2.75, 3.05) is 4.90 Å². The summed E-state index contributed by atoms with van der Waals surface area (Å²) in [6, 6.07) is 9.66. The second-order valence-electron chi connectivity index (χ2n) is 7.09. The molecule has 0 spiro atoms. The van der Waals surface area contributed by atoms with Gasteiger partial charge in [0.15, 0.2) is 10.6 Å². The minimum atomic E-state index is -0.854. The smallest absolute Gasteiger partial charge is 0.297 e. The first-order valence-corrected chi connectivity index (χ1v) is 10.3. The number of fused-ring (bicyclic) bond motifs is 2. The van der Waals surface area contributed by atoms with Crippen molar-refractivity contribution in [2.24, 2.45) is 0 Å². The molecule has 0 unspecified atom stereocenters. The maximum Gasteiger partial charge on any atom is 0.297 e. The van der Waals surface area contributed by atoms with E-state index in [0.717, 1.165) is 10.6 Å². The molecule has 0 saturated carbocycles. The highest BCUT2D eigenvalue weighted by molar-refractivity contribution is 7.15. The molecule has 5 rings (SSSR count). The van der Waals surface area contributed by atoms with Crippen molar-refractivity contribution in [1.29, 1.82) is 0 Å². The molecule has 2 aromatic heterocycles. The number of carbonyl (C=O) groups is 1. The molecule has 0 saturated heterocycles. The highest BCUT2D eigenvalue weighted by atomic mass is 35.5. The Hall–Kier alpha value is -3.03. The van der Waals surface area contributed by atoms with Gasteiger partial charge in [0, 0.05) is 9.90 Å². The van der Waals surface area contributed by atoms with Gasteiger partial charge >= 0.3 is 0 Å². The fourth-order valence-corrected chi connectivity index (χ4v) is 4.80.